The lowest BCUT2D eigenvalue weighted by Crippen LogP contribution is -2.27. The van der Waals surface area contributed by atoms with Gasteiger partial charge in [0, 0.05) is 18.5 Å². The molecule has 1 saturated heterocycles. The van der Waals surface area contributed by atoms with Gasteiger partial charge in [0.2, 0.25) is 17.6 Å². The first-order valence-electron chi connectivity index (χ1n) is 9.91. The van der Waals surface area contributed by atoms with E-state index in [0.29, 0.717) is 37.0 Å². The van der Waals surface area contributed by atoms with Crippen LogP contribution in [0, 0.1) is 0 Å². The van der Waals surface area contributed by atoms with Gasteiger partial charge in [-0.2, -0.15) is 4.98 Å². The molecule has 0 saturated carbocycles. The van der Waals surface area contributed by atoms with Gasteiger partial charge >= 0.3 is 0 Å². The van der Waals surface area contributed by atoms with Crippen molar-refractivity contribution in [1.29, 1.82) is 0 Å². The predicted molar refractivity (Wildman–Crippen MR) is 109 cm³/mol. The third kappa shape index (κ3) is 4.01. The highest BCUT2D eigenvalue weighted by Crippen LogP contribution is 2.34. The fourth-order valence-electron chi connectivity index (χ4n) is 3.62. The van der Waals surface area contributed by atoms with Crippen molar-refractivity contribution in [2.75, 3.05) is 7.11 Å². The van der Waals surface area contributed by atoms with Crippen molar-refractivity contribution in [2.24, 2.45) is 0 Å². The minimum absolute atomic E-state index is 0.118. The molecule has 0 spiro atoms. The predicted octanol–water partition coefficient (Wildman–Crippen LogP) is 4.73. The number of amides is 1. The Labute approximate surface area is 170 Å². The normalized spacial score (nSPS) is 16.6. The van der Waals surface area contributed by atoms with E-state index in [1.54, 1.807) is 7.11 Å². The maximum atomic E-state index is 12.5. The zero-order chi connectivity index (χ0) is 20.4. The molecule has 150 valence electrons. The van der Waals surface area contributed by atoms with E-state index >= 15 is 0 Å². The molecule has 6 nitrogen and oxygen atoms in total. The molecule has 1 fully saturated rings. The van der Waals surface area contributed by atoms with Gasteiger partial charge in [0.25, 0.3) is 0 Å². The second-order valence-corrected chi connectivity index (χ2v) is 7.66. The lowest BCUT2D eigenvalue weighted by molar-refractivity contribution is -0.129. The Kier molecular flexibility index (Phi) is 5.34. The molecule has 1 aliphatic rings. The van der Waals surface area contributed by atoms with Crippen LogP contribution in [0.4, 0.5) is 0 Å². The molecular formula is C23H25N3O3. The van der Waals surface area contributed by atoms with E-state index in [-0.39, 0.29) is 11.9 Å². The van der Waals surface area contributed by atoms with Crippen LogP contribution in [0.2, 0.25) is 0 Å². The number of carbonyl (C=O) groups excluding carboxylic acids is 1. The summed E-state index contributed by atoms with van der Waals surface area (Å²) < 4.78 is 10.7. The molecular weight excluding hydrogens is 366 g/mol. The molecule has 29 heavy (non-hydrogen) atoms. The summed E-state index contributed by atoms with van der Waals surface area (Å²) in [5.41, 5.74) is 3.24. The highest BCUT2D eigenvalue weighted by Gasteiger charge is 2.36. The van der Waals surface area contributed by atoms with Gasteiger partial charge in [0.05, 0.1) is 7.11 Å². The molecule has 1 amide bonds. The number of rotatable bonds is 6. The Morgan fingerprint density at radius 1 is 1.14 bits per heavy atom. The van der Waals surface area contributed by atoms with E-state index in [1.807, 2.05) is 29.2 Å². The summed E-state index contributed by atoms with van der Waals surface area (Å²) in [5, 5.41) is 4.12. The summed E-state index contributed by atoms with van der Waals surface area (Å²) in [6.07, 6.45) is 1.18. The quantitative estimate of drug-likeness (QED) is 0.607. The van der Waals surface area contributed by atoms with Gasteiger partial charge < -0.3 is 14.2 Å². The Morgan fingerprint density at radius 3 is 2.52 bits per heavy atom. The number of benzene rings is 2. The van der Waals surface area contributed by atoms with Gasteiger partial charge in [0.1, 0.15) is 11.8 Å². The molecule has 1 aromatic heterocycles. The van der Waals surface area contributed by atoms with Crippen LogP contribution in [0.3, 0.4) is 0 Å². The van der Waals surface area contributed by atoms with E-state index in [1.165, 1.54) is 5.56 Å². The number of aromatic nitrogens is 2. The number of methoxy groups -OCH3 is 1. The van der Waals surface area contributed by atoms with Crippen LogP contribution in [0.25, 0.3) is 11.4 Å². The molecule has 1 atom stereocenters. The first kappa shape index (κ1) is 19.2. The van der Waals surface area contributed by atoms with Gasteiger partial charge in [-0.3, -0.25) is 4.79 Å². The first-order valence-corrected chi connectivity index (χ1v) is 9.91. The standard InChI is InChI=1S/C23H25N3O3/c1-15(2)17-6-4-16(5-7-17)14-26-20(12-13-21(26)27)23-24-22(25-29-23)18-8-10-19(28-3)11-9-18/h4-11,15,20H,12-14H2,1-3H3. The molecule has 0 radical (unpaired) electrons. The zero-order valence-electron chi connectivity index (χ0n) is 17.0. The molecule has 4 rings (SSSR count). The fourth-order valence-corrected chi connectivity index (χ4v) is 3.62. The van der Waals surface area contributed by atoms with E-state index < -0.39 is 0 Å². The Morgan fingerprint density at radius 2 is 1.86 bits per heavy atom. The van der Waals surface area contributed by atoms with Crippen molar-refractivity contribution in [2.45, 2.75) is 45.2 Å². The minimum atomic E-state index is -0.188. The van der Waals surface area contributed by atoms with Crippen molar-refractivity contribution < 1.29 is 14.1 Å². The summed E-state index contributed by atoms with van der Waals surface area (Å²) in [5.74, 6) is 2.38. The third-order valence-corrected chi connectivity index (χ3v) is 5.40. The molecule has 1 aliphatic heterocycles. The number of hydrogen-bond donors (Lipinski definition) is 0. The van der Waals surface area contributed by atoms with Crippen LogP contribution in [0.15, 0.2) is 53.1 Å². The molecule has 0 bridgehead atoms. The van der Waals surface area contributed by atoms with E-state index in [9.17, 15) is 4.79 Å². The maximum absolute atomic E-state index is 12.5. The van der Waals surface area contributed by atoms with Crippen LogP contribution < -0.4 is 4.74 Å². The summed E-state index contributed by atoms with van der Waals surface area (Å²) in [6.45, 7) is 4.89. The average molecular weight is 391 g/mol. The first-order chi connectivity index (χ1) is 14.0. The number of hydrogen-bond acceptors (Lipinski definition) is 5. The van der Waals surface area contributed by atoms with E-state index in [4.69, 9.17) is 9.26 Å². The van der Waals surface area contributed by atoms with Gasteiger partial charge in [-0.1, -0.05) is 43.3 Å². The fraction of sp³-hybridized carbons (Fsp3) is 0.348. The van der Waals surface area contributed by atoms with Crippen LogP contribution in [0.1, 0.15) is 55.7 Å². The summed E-state index contributed by atoms with van der Waals surface area (Å²) >= 11 is 0. The highest BCUT2D eigenvalue weighted by molar-refractivity contribution is 5.78. The summed E-state index contributed by atoms with van der Waals surface area (Å²) in [4.78, 5) is 18.9. The number of carbonyl (C=O) groups is 1. The molecule has 2 heterocycles. The third-order valence-electron chi connectivity index (χ3n) is 5.40. The molecule has 0 N–H and O–H groups in total. The summed E-state index contributed by atoms with van der Waals surface area (Å²) in [6, 6.07) is 15.8. The van der Waals surface area contributed by atoms with Crippen molar-refractivity contribution >= 4 is 5.91 Å². The van der Waals surface area contributed by atoms with Crippen molar-refractivity contribution in [3.05, 3.63) is 65.5 Å². The van der Waals surface area contributed by atoms with Crippen molar-refractivity contribution in [3.8, 4) is 17.1 Å². The SMILES string of the molecule is COc1ccc(-c2noc(C3CCC(=O)N3Cc3ccc(C(C)C)cc3)n2)cc1. The number of ether oxygens (including phenoxy) is 1. The largest absolute Gasteiger partial charge is 0.497 e. The van der Waals surface area contributed by atoms with Crippen molar-refractivity contribution in [3.63, 3.8) is 0 Å². The number of nitrogens with zero attached hydrogens (tertiary/aromatic N) is 3. The summed E-state index contributed by atoms with van der Waals surface area (Å²) in [7, 11) is 1.63. The molecule has 2 aromatic carbocycles. The zero-order valence-corrected chi connectivity index (χ0v) is 17.0. The lowest BCUT2D eigenvalue weighted by Gasteiger charge is -2.22. The van der Waals surface area contributed by atoms with Crippen LogP contribution in [-0.2, 0) is 11.3 Å². The molecule has 6 heteroatoms. The second kappa shape index (κ2) is 8.07. The van der Waals surface area contributed by atoms with Gasteiger partial charge in [0.15, 0.2) is 0 Å². The maximum Gasteiger partial charge on any atom is 0.249 e. The monoisotopic (exact) mass is 391 g/mol. The molecule has 1 unspecified atom stereocenters. The van der Waals surface area contributed by atoms with Crippen LogP contribution in [-0.4, -0.2) is 28.1 Å². The topological polar surface area (TPSA) is 68.5 Å². The average Bonchev–Trinajstić information content (AvgIpc) is 3.36. The molecule has 3 aromatic rings. The smallest absolute Gasteiger partial charge is 0.249 e. The molecule has 0 aliphatic carbocycles. The van der Waals surface area contributed by atoms with Crippen LogP contribution in [0.5, 0.6) is 5.75 Å². The van der Waals surface area contributed by atoms with E-state index in [2.05, 4.69) is 48.3 Å². The van der Waals surface area contributed by atoms with Crippen molar-refractivity contribution in [1.82, 2.24) is 15.0 Å². The minimum Gasteiger partial charge on any atom is -0.497 e. The van der Waals surface area contributed by atoms with Gasteiger partial charge in [-0.05, 0) is 47.7 Å². The Balaban J connectivity index is 1.52. The van der Waals surface area contributed by atoms with Gasteiger partial charge in [-0.25, -0.2) is 0 Å². The highest BCUT2D eigenvalue weighted by atomic mass is 16.5. The van der Waals surface area contributed by atoms with E-state index in [0.717, 1.165) is 16.9 Å². The van der Waals surface area contributed by atoms with Crippen LogP contribution >= 0.6 is 0 Å². The number of likely N-dealkylation sites (tertiary alicyclic amines) is 1. The lowest BCUT2D eigenvalue weighted by atomic mass is 10.0. The Hall–Kier alpha value is -3.15. The Bertz CT molecular complexity index is 977. The second-order valence-electron chi connectivity index (χ2n) is 7.66. The van der Waals surface area contributed by atoms with Gasteiger partial charge in [-0.15, -0.1) is 0 Å².